The molecule has 3 heterocycles. The predicted molar refractivity (Wildman–Crippen MR) is 200 cm³/mol. The van der Waals surface area contributed by atoms with Gasteiger partial charge in [0.1, 0.15) is 11.2 Å². The van der Waals surface area contributed by atoms with Crippen LogP contribution in [0.3, 0.4) is 0 Å². The molecule has 6 aromatic carbocycles. The first kappa shape index (κ1) is 28.1. The van der Waals surface area contributed by atoms with Crippen LogP contribution in [0.2, 0.25) is 0 Å². The van der Waals surface area contributed by atoms with Crippen molar-refractivity contribution in [1.29, 1.82) is 0 Å². The third-order valence-corrected chi connectivity index (χ3v) is 10.7. The quantitative estimate of drug-likeness (QED) is 0.190. The molecule has 6 heteroatoms. The summed E-state index contributed by atoms with van der Waals surface area (Å²) in [5.74, 6) is 1.81. The Morgan fingerprint density at radius 1 is 0.531 bits per heavy atom. The topological polar surface area (TPSA) is 64.7 Å². The van der Waals surface area contributed by atoms with Crippen LogP contribution in [0.4, 0.5) is 0 Å². The van der Waals surface area contributed by atoms with Gasteiger partial charge >= 0.3 is 0 Å². The number of hydrogen-bond donors (Lipinski definition) is 0. The summed E-state index contributed by atoms with van der Waals surface area (Å²) in [6.07, 6.45) is 0. The van der Waals surface area contributed by atoms with Gasteiger partial charge in [-0.2, -0.15) is 0 Å². The summed E-state index contributed by atoms with van der Waals surface area (Å²) in [5.41, 5.74) is 14.5. The molecule has 0 spiro atoms. The van der Waals surface area contributed by atoms with E-state index in [-0.39, 0.29) is 5.41 Å². The number of rotatable bonds is 4. The van der Waals surface area contributed by atoms with Gasteiger partial charge in [-0.3, -0.25) is 0 Å². The van der Waals surface area contributed by atoms with E-state index in [1.807, 2.05) is 72.2 Å². The van der Waals surface area contributed by atoms with Crippen LogP contribution in [0.5, 0.6) is 0 Å². The Kier molecular flexibility index (Phi) is 6.02. The fourth-order valence-corrected chi connectivity index (χ4v) is 8.22. The molecular weight excluding hydrogens is 621 g/mol. The monoisotopic (exact) mass is 648 g/mol. The summed E-state index contributed by atoms with van der Waals surface area (Å²) >= 11 is 1.70. The summed E-state index contributed by atoms with van der Waals surface area (Å²) in [6.45, 7) is 4.63. The number of aromatic nitrogens is 4. The van der Waals surface area contributed by atoms with E-state index < -0.39 is 0 Å². The average Bonchev–Trinajstić information content (AvgIpc) is 3.85. The van der Waals surface area contributed by atoms with E-state index in [2.05, 4.69) is 74.5 Å². The average molecular weight is 649 g/mol. The van der Waals surface area contributed by atoms with Crippen molar-refractivity contribution >= 4 is 43.5 Å². The highest BCUT2D eigenvalue weighted by atomic mass is 32.1. The van der Waals surface area contributed by atoms with Crippen LogP contribution in [0.25, 0.3) is 88.6 Å². The molecule has 5 nitrogen and oxygen atoms in total. The number of thiazole rings is 1. The van der Waals surface area contributed by atoms with Gasteiger partial charge in [-0.25, -0.2) is 19.9 Å². The Morgan fingerprint density at radius 3 is 1.84 bits per heavy atom. The SMILES string of the molecule is CC1(C)c2cc(-c3cccc4c3oc3c(-c5nc(-c6ccccc6)nc(-c6ccccc6)n5)cccc34)ccc2-c2ccc3scnc3c21. The molecule has 1 aliphatic carbocycles. The smallest absolute Gasteiger partial charge is 0.167 e. The fraction of sp³-hybridized carbons (Fsp3) is 0.0698. The third-order valence-electron chi connectivity index (χ3n) is 9.89. The predicted octanol–water partition coefficient (Wildman–Crippen LogP) is 11.4. The third kappa shape index (κ3) is 4.24. The molecule has 0 saturated carbocycles. The lowest BCUT2D eigenvalue weighted by Gasteiger charge is -2.22. The van der Waals surface area contributed by atoms with Crippen LogP contribution in [0.1, 0.15) is 25.0 Å². The van der Waals surface area contributed by atoms with Gasteiger partial charge in [-0.15, -0.1) is 11.3 Å². The minimum absolute atomic E-state index is 0.186. The van der Waals surface area contributed by atoms with Gasteiger partial charge in [0, 0.05) is 32.9 Å². The van der Waals surface area contributed by atoms with Crippen molar-refractivity contribution in [3.8, 4) is 56.4 Å². The van der Waals surface area contributed by atoms with Gasteiger partial charge in [-0.05, 0) is 46.0 Å². The van der Waals surface area contributed by atoms with E-state index >= 15 is 0 Å². The Hall–Kier alpha value is -5.98. The van der Waals surface area contributed by atoms with Crippen molar-refractivity contribution in [3.05, 3.63) is 144 Å². The lowest BCUT2D eigenvalue weighted by Crippen LogP contribution is -2.15. The van der Waals surface area contributed by atoms with Crippen LogP contribution in [-0.2, 0) is 5.41 Å². The number of para-hydroxylation sites is 2. The van der Waals surface area contributed by atoms with E-state index in [9.17, 15) is 0 Å². The standard InChI is InChI=1S/C43H28N4OS/c1-43(2)34-23-27(19-20-29(34)30-21-22-35-37(36(30)43)44-24-49-35)28-15-9-16-31-32-17-10-18-33(39(32)48-38(28)31)42-46-40(25-11-5-3-6-12-25)45-41(47-42)26-13-7-4-8-14-26/h3-24H,1-2H3. The Bertz CT molecular complexity index is 2690. The molecule has 0 atom stereocenters. The number of fused-ring (bicyclic) bond motifs is 8. The zero-order chi connectivity index (χ0) is 32.7. The summed E-state index contributed by atoms with van der Waals surface area (Å²) in [4.78, 5) is 19.7. The molecule has 1 aliphatic rings. The van der Waals surface area contributed by atoms with Crippen molar-refractivity contribution in [2.75, 3.05) is 0 Å². The van der Waals surface area contributed by atoms with Gasteiger partial charge < -0.3 is 4.42 Å². The number of benzene rings is 6. The first-order valence-corrected chi connectivity index (χ1v) is 17.3. The van der Waals surface area contributed by atoms with Crippen LogP contribution < -0.4 is 0 Å². The molecule has 10 rings (SSSR count). The number of nitrogens with zero attached hydrogens (tertiary/aromatic N) is 4. The molecule has 3 aromatic heterocycles. The molecule has 0 bridgehead atoms. The second-order valence-corrected chi connectivity index (χ2v) is 14.0. The van der Waals surface area contributed by atoms with Crippen molar-refractivity contribution in [2.45, 2.75) is 19.3 Å². The maximum Gasteiger partial charge on any atom is 0.167 e. The highest BCUT2D eigenvalue weighted by molar-refractivity contribution is 7.16. The molecule has 0 fully saturated rings. The highest BCUT2D eigenvalue weighted by Gasteiger charge is 2.38. The maximum atomic E-state index is 6.89. The second-order valence-electron chi connectivity index (χ2n) is 13.1. The van der Waals surface area contributed by atoms with Crippen molar-refractivity contribution < 1.29 is 4.42 Å². The lowest BCUT2D eigenvalue weighted by atomic mass is 9.81. The first-order valence-electron chi connectivity index (χ1n) is 16.4. The van der Waals surface area contributed by atoms with Crippen molar-refractivity contribution in [1.82, 2.24) is 19.9 Å². The van der Waals surface area contributed by atoms with Crippen LogP contribution >= 0.6 is 11.3 Å². The number of hydrogen-bond acceptors (Lipinski definition) is 6. The maximum absolute atomic E-state index is 6.89. The summed E-state index contributed by atoms with van der Waals surface area (Å²) < 4.78 is 8.12. The molecule has 9 aromatic rings. The van der Waals surface area contributed by atoms with Crippen LogP contribution in [-0.4, -0.2) is 19.9 Å². The van der Waals surface area contributed by atoms with Gasteiger partial charge in [0.2, 0.25) is 0 Å². The molecule has 0 aliphatic heterocycles. The summed E-state index contributed by atoms with van der Waals surface area (Å²) in [7, 11) is 0. The Morgan fingerprint density at radius 2 is 1.14 bits per heavy atom. The van der Waals surface area contributed by atoms with E-state index in [0.29, 0.717) is 17.5 Å². The summed E-state index contributed by atoms with van der Waals surface area (Å²) in [5, 5.41) is 2.08. The molecule has 0 radical (unpaired) electrons. The Balaban J connectivity index is 1.15. The minimum Gasteiger partial charge on any atom is -0.455 e. The van der Waals surface area contributed by atoms with E-state index in [0.717, 1.165) is 55.3 Å². The molecular formula is C43H28N4OS. The number of furan rings is 1. The Labute approximate surface area is 286 Å². The van der Waals surface area contributed by atoms with Gasteiger partial charge in [-0.1, -0.05) is 123 Å². The van der Waals surface area contributed by atoms with E-state index in [4.69, 9.17) is 24.4 Å². The molecule has 49 heavy (non-hydrogen) atoms. The molecule has 0 unspecified atom stereocenters. The zero-order valence-electron chi connectivity index (χ0n) is 26.8. The van der Waals surface area contributed by atoms with Gasteiger partial charge in [0.15, 0.2) is 17.5 Å². The van der Waals surface area contributed by atoms with E-state index in [1.54, 1.807) is 11.3 Å². The zero-order valence-corrected chi connectivity index (χ0v) is 27.6. The molecule has 0 amide bonds. The summed E-state index contributed by atoms with van der Waals surface area (Å²) in [6, 6.07) is 44.0. The van der Waals surface area contributed by atoms with Crippen molar-refractivity contribution in [3.63, 3.8) is 0 Å². The van der Waals surface area contributed by atoms with Crippen LogP contribution in [0.15, 0.2) is 137 Å². The fourth-order valence-electron chi connectivity index (χ4n) is 7.54. The molecule has 0 saturated heterocycles. The van der Waals surface area contributed by atoms with Gasteiger partial charge in [0.25, 0.3) is 0 Å². The minimum atomic E-state index is -0.186. The first-order chi connectivity index (χ1) is 24.0. The normalized spacial score (nSPS) is 13.3. The lowest BCUT2D eigenvalue weighted by molar-refractivity contribution is 0.664. The molecule has 232 valence electrons. The van der Waals surface area contributed by atoms with Crippen molar-refractivity contribution in [2.24, 2.45) is 0 Å². The largest absolute Gasteiger partial charge is 0.455 e. The van der Waals surface area contributed by atoms with E-state index in [1.165, 1.54) is 27.0 Å². The second kappa shape index (κ2) is 10.5. The highest BCUT2D eigenvalue weighted by Crippen LogP contribution is 2.52. The van der Waals surface area contributed by atoms with Gasteiger partial charge in [0.05, 0.1) is 21.3 Å². The van der Waals surface area contributed by atoms with Crippen LogP contribution in [0, 0.1) is 0 Å². The molecule has 0 N–H and O–H groups in total.